The average Bonchev–Trinajstić information content (AvgIpc) is 3.30. The number of aromatic nitrogens is 2. The Labute approximate surface area is 218 Å². The number of para-hydroxylation sites is 1. The van der Waals surface area contributed by atoms with Gasteiger partial charge in [0, 0.05) is 17.7 Å². The predicted molar refractivity (Wildman–Crippen MR) is 146 cm³/mol. The third kappa shape index (κ3) is 6.20. The monoisotopic (exact) mass is 498 g/mol. The third-order valence-corrected chi connectivity index (χ3v) is 6.29. The van der Waals surface area contributed by atoms with Crippen molar-refractivity contribution in [2.75, 3.05) is 13.2 Å². The highest BCUT2D eigenvalue weighted by atomic mass is 16.5. The van der Waals surface area contributed by atoms with E-state index in [2.05, 4.69) is 32.0 Å². The number of hydrogen-bond acceptors (Lipinski definition) is 4. The second-order valence-electron chi connectivity index (χ2n) is 9.35. The zero-order valence-corrected chi connectivity index (χ0v) is 21.9. The van der Waals surface area contributed by atoms with Gasteiger partial charge in [0.25, 0.3) is 0 Å². The minimum absolute atomic E-state index is 0.275. The van der Waals surface area contributed by atoms with Crippen LogP contribution in [0.1, 0.15) is 43.4 Å². The SMILES string of the molecule is CCOc1ccccc1-c1cc(-c2c(C)cc(C(C)C)cc2OCC(=O)O)nn1CCc1ccccc1. The Balaban J connectivity index is 1.84. The minimum atomic E-state index is -1.02. The van der Waals surface area contributed by atoms with E-state index in [-0.39, 0.29) is 5.92 Å². The molecular formula is C31H34N2O4. The van der Waals surface area contributed by atoms with E-state index in [0.29, 0.717) is 18.9 Å². The first kappa shape index (κ1) is 26.0. The lowest BCUT2D eigenvalue weighted by Gasteiger charge is -2.15. The van der Waals surface area contributed by atoms with Crippen LogP contribution < -0.4 is 9.47 Å². The van der Waals surface area contributed by atoms with Gasteiger partial charge in [-0.15, -0.1) is 0 Å². The van der Waals surface area contributed by atoms with Crippen LogP contribution in [0.5, 0.6) is 11.5 Å². The van der Waals surface area contributed by atoms with Crippen LogP contribution in [0, 0.1) is 6.92 Å². The Morgan fingerprint density at radius 3 is 2.41 bits per heavy atom. The molecule has 3 aromatic carbocycles. The van der Waals surface area contributed by atoms with Crippen molar-refractivity contribution in [3.8, 4) is 34.0 Å². The van der Waals surface area contributed by atoms with E-state index in [4.69, 9.17) is 14.6 Å². The quantitative estimate of drug-likeness (QED) is 0.247. The van der Waals surface area contributed by atoms with Gasteiger partial charge in [-0.2, -0.15) is 5.10 Å². The molecule has 0 saturated carbocycles. The van der Waals surface area contributed by atoms with Gasteiger partial charge in [0.1, 0.15) is 11.5 Å². The topological polar surface area (TPSA) is 73.6 Å². The standard InChI is InChI=1S/C31H34N2O4/c1-5-36-28-14-10-9-13-25(28)27-19-26(32-33(27)16-15-23-11-7-6-8-12-23)31-22(4)17-24(21(2)3)18-29(31)37-20-30(34)35/h6-14,17-19,21H,5,15-16,20H2,1-4H3,(H,34,35). The lowest BCUT2D eigenvalue weighted by Crippen LogP contribution is -2.11. The molecule has 0 aliphatic carbocycles. The first-order valence-corrected chi connectivity index (χ1v) is 12.7. The molecule has 0 aliphatic rings. The van der Waals surface area contributed by atoms with Crippen molar-refractivity contribution < 1.29 is 19.4 Å². The smallest absolute Gasteiger partial charge is 0.341 e. The molecule has 6 heteroatoms. The molecule has 0 saturated heterocycles. The summed E-state index contributed by atoms with van der Waals surface area (Å²) < 4.78 is 13.8. The number of benzene rings is 3. The van der Waals surface area contributed by atoms with Crippen LogP contribution in [0.4, 0.5) is 0 Å². The first-order chi connectivity index (χ1) is 17.9. The summed E-state index contributed by atoms with van der Waals surface area (Å²) in [5.41, 5.74) is 6.75. The average molecular weight is 499 g/mol. The maximum Gasteiger partial charge on any atom is 0.341 e. The van der Waals surface area contributed by atoms with Crippen LogP contribution in [0.2, 0.25) is 0 Å². The van der Waals surface area contributed by atoms with Gasteiger partial charge in [-0.1, -0.05) is 62.4 Å². The van der Waals surface area contributed by atoms with Gasteiger partial charge >= 0.3 is 5.97 Å². The molecule has 0 atom stereocenters. The van der Waals surface area contributed by atoms with Crippen molar-refractivity contribution in [1.29, 1.82) is 0 Å². The number of carbonyl (C=O) groups is 1. The molecular weight excluding hydrogens is 464 g/mol. The Morgan fingerprint density at radius 2 is 1.70 bits per heavy atom. The maximum atomic E-state index is 11.3. The van der Waals surface area contributed by atoms with Gasteiger partial charge in [-0.25, -0.2) is 4.79 Å². The third-order valence-electron chi connectivity index (χ3n) is 6.29. The molecule has 4 aromatic rings. The minimum Gasteiger partial charge on any atom is -0.493 e. The summed E-state index contributed by atoms with van der Waals surface area (Å²) >= 11 is 0. The zero-order valence-electron chi connectivity index (χ0n) is 21.9. The fourth-order valence-corrected chi connectivity index (χ4v) is 4.46. The van der Waals surface area contributed by atoms with Crippen LogP contribution in [0.15, 0.2) is 72.8 Å². The molecule has 6 nitrogen and oxygen atoms in total. The second kappa shape index (κ2) is 11.8. The van der Waals surface area contributed by atoms with E-state index in [1.165, 1.54) is 5.56 Å². The number of aryl methyl sites for hydroxylation is 3. The van der Waals surface area contributed by atoms with E-state index in [1.807, 2.05) is 73.1 Å². The molecule has 1 N–H and O–H groups in total. The van der Waals surface area contributed by atoms with E-state index in [9.17, 15) is 9.90 Å². The van der Waals surface area contributed by atoms with Crippen molar-refractivity contribution in [2.24, 2.45) is 0 Å². The van der Waals surface area contributed by atoms with Crippen molar-refractivity contribution in [3.63, 3.8) is 0 Å². The number of rotatable bonds is 11. The molecule has 0 aliphatic heterocycles. The van der Waals surface area contributed by atoms with Gasteiger partial charge in [-0.05, 0) is 67.1 Å². The van der Waals surface area contributed by atoms with Crippen LogP contribution in [-0.2, 0) is 17.8 Å². The Kier molecular flexibility index (Phi) is 8.29. The summed E-state index contributed by atoms with van der Waals surface area (Å²) in [7, 11) is 0. The number of nitrogens with zero attached hydrogens (tertiary/aromatic N) is 2. The van der Waals surface area contributed by atoms with Gasteiger partial charge in [0.2, 0.25) is 0 Å². The van der Waals surface area contributed by atoms with Gasteiger partial charge in [-0.3, -0.25) is 4.68 Å². The van der Waals surface area contributed by atoms with Gasteiger partial charge in [0.05, 0.1) is 18.0 Å². The normalized spacial score (nSPS) is 11.1. The van der Waals surface area contributed by atoms with Crippen molar-refractivity contribution >= 4 is 5.97 Å². The van der Waals surface area contributed by atoms with Gasteiger partial charge in [0.15, 0.2) is 6.61 Å². The molecule has 0 radical (unpaired) electrons. The lowest BCUT2D eigenvalue weighted by molar-refractivity contribution is -0.139. The number of carboxylic acid groups (broad SMARTS) is 1. The van der Waals surface area contributed by atoms with Crippen molar-refractivity contribution in [2.45, 2.75) is 46.6 Å². The van der Waals surface area contributed by atoms with Crippen molar-refractivity contribution in [3.05, 3.63) is 89.5 Å². The van der Waals surface area contributed by atoms with E-state index in [0.717, 1.165) is 45.8 Å². The fourth-order valence-electron chi connectivity index (χ4n) is 4.46. The number of ether oxygens (including phenoxy) is 2. The number of hydrogen-bond donors (Lipinski definition) is 1. The Hall–Kier alpha value is -4.06. The lowest BCUT2D eigenvalue weighted by atomic mass is 9.95. The summed E-state index contributed by atoms with van der Waals surface area (Å²) in [6.45, 7) is 9.03. The van der Waals surface area contributed by atoms with Crippen LogP contribution in [0.3, 0.4) is 0 Å². The largest absolute Gasteiger partial charge is 0.493 e. The summed E-state index contributed by atoms with van der Waals surface area (Å²) in [6.07, 6.45) is 0.819. The molecule has 4 rings (SSSR count). The number of carboxylic acids is 1. The molecule has 1 aromatic heterocycles. The Bertz CT molecular complexity index is 1360. The number of aliphatic carboxylic acids is 1. The summed E-state index contributed by atoms with van der Waals surface area (Å²) in [6, 6.07) is 24.4. The maximum absolute atomic E-state index is 11.3. The fraction of sp³-hybridized carbons (Fsp3) is 0.290. The van der Waals surface area contributed by atoms with Crippen molar-refractivity contribution in [1.82, 2.24) is 9.78 Å². The highest BCUT2D eigenvalue weighted by Crippen LogP contribution is 2.39. The summed E-state index contributed by atoms with van der Waals surface area (Å²) in [5.74, 6) is 0.588. The summed E-state index contributed by atoms with van der Waals surface area (Å²) in [5, 5.41) is 14.3. The molecule has 192 valence electrons. The summed E-state index contributed by atoms with van der Waals surface area (Å²) in [4.78, 5) is 11.3. The van der Waals surface area contributed by atoms with Crippen LogP contribution in [-0.4, -0.2) is 34.1 Å². The molecule has 37 heavy (non-hydrogen) atoms. The highest BCUT2D eigenvalue weighted by Gasteiger charge is 2.21. The first-order valence-electron chi connectivity index (χ1n) is 12.7. The van der Waals surface area contributed by atoms with Crippen LogP contribution in [0.25, 0.3) is 22.5 Å². The molecule has 0 spiro atoms. The highest BCUT2D eigenvalue weighted by molar-refractivity contribution is 5.78. The predicted octanol–water partition coefficient (Wildman–Crippen LogP) is 6.75. The second-order valence-corrected chi connectivity index (χ2v) is 9.35. The van der Waals surface area contributed by atoms with E-state index in [1.54, 1.807) is 0 Å². The van der Waals surface area contributed by atoms with E-state index >= 15 is 0 Å². The molecule has 1 heterocycles. The van der Waals surface area contributed by atoms with Gasteiger partial charge < -0.3 is 14.6 Å². The Morgan fingerprint density at radius 1 is 0.973 bits per heavy atom. The van der Waals surface area contributed by atoms with E-state index < -0.39 is 12.6 Å². The molecule has 0 unspecified atom stereocenters. The molecule has 0 fully saturated rings. The molecule has 0 bridgehead atoms. The zero-order chi connectivity index (χ0) is 26.4. The van der Waals surface area contributed by atoms with Crippen LogP contribution >= 0.6 is 0 Å². The molecule has 0 amide bonds.